The number of nitrogens with two attached hydrogens (primary N) is 2. The van der Waals surface area contributed by atoms with Gasteiger partial charge < -0.3 is 16.9 Å². The highest BCUT2D eigenvalue weighted by Crippen LogP contribution is 2.08. The fraction of sp³-hybridized carbons (Fsp3) is 0.273. The van der Waals surface area contributed by atoms with Gasteiger partial charge in [-0.1, -0.05) is 17.7 Å². The van der Waals surface area contributed by atoms with Crippen LogP contribution in [-0.4, -0.2) is 21.4 Å². The van der Waals surface area contributed by atoms with Gasteiger partial charge >= 0.3 is 0 Å². The molecule has 6 nitrogen and oxygen atoms in total. The quantitative estimate of drug-likeness (QED) is 0.669. The largest absolute Gasteiger partial charge is 0.385 e. The number of hydrogen-bond donors (Lipinski definition) is 3. The molecule has 1 heterocycles. The van der Waals surface area contributed by atoms with E-state index in [4.69, 9.17) is 11.6 Å². The van der Waals surface area contributed by atoms with Crippen molar-refractivity contribution in [3.63, 3.8) is 0 Å². The van der Waals surface area contributed by atoms with Gasteiger partial charge in [-0.25, -0.2) is 4.68 Å². The lowest BCUT2D eigenvalue weighted by Gasteiger charge is -2.06. The van der Waals surface area contributed by atoms with Crippen molar-refractivity contribution < 1.29 is 0 Å². The summed E-state index contributed by atoms with van der Waals surface area (Å²) in [7, 11) is 0. The highest BCUT2D eigenvalue weighted by molar-refractivity contribution is 5.44. The monoisotopic (exact) mass is 232 g/mol. The smallest absolute Gasteiger partial charge is 0.240 e. The van der Waals surface area contributed by atoms with E-state index in [2.05, 4.69) is 34.6 Å². The lowest BCUT2D eigenvalue weighted by atomic mass is 10.2. The molecule has 0 spiro atoms. The number of hydrogen-bond acceptors (Lipinski definition) is 5. The molecule has 0 atom stereocenters. The minimum atomic E-state index is 0.232. The second-order valence-corrected chi connectivity index (χ2v) is 3.89. The van der Waals surface area contributed by atoms with E-state index in [0.29, 0.717) is 12.2 Å². The van der Waals surface area contributed by atoms with Crippen LogP contribution in [0.2, 0.25) is 0 Å². The van der Waals surface area contributed by atoms with Gasteiger partial charge in [0, 0.05) is 18.7 Å². The summed E-state index contributed by atoms with van der Waals surface area (Å²) >= 11 is 0. The maximum absolute atomic E-state index is 5.64. The van der Waals surface area contributed by atoms with E-state index in [-0.39, 0.29) is 5.95 Å². The summed E-state index contributed by atoms with van der Waals surface area (Å²) in [5, 5.41) is 10.9. The summed E-state index contributed by atoms with van der Waals surface area (Å²) in [6.45, 7) is 2.79. The zero-order valence-corrected chi connectivity index (χ0v) is 9.72. The van der Waals surface area contributed by atoms with Crippen molar-refractivity contribution >= 4 is 11.6 Å². The fourth-order valence-corrected chi connectivity index (χ4v) is 1.50. The maximum Gasteiger partial charge on any atom is 0.240 e. The molecule has 0 unspecified atom stereocenters. The predicted octanol–water partition coefficient (Wildman–Crippen LogP) is 0.537. The fourth-order valence-electron chi connectivity index (χ4n) is 1.50. The minimum Gasteiger partial charge on any atom is -0.385 e. The van der Waals surface area contributed by atoms with Crippen molar-refractivity contribution in [3.05, 3.63) is 35.7 Å². The van der Waals surface area contributed by atoms with Gasteiger partial charge in [-0.2, -0.15) is 0 Å². The molecule has 2 aromatic rings. The molecule has 2 rings (SSSR count). The average molecular weight is 232 g/mol. The van der Waals surface area contributed by atoms with E-state index in [1.165, 1.54) is 10.2 Å². The Balaban J connectivity index is 1.87. The van der Waals surface area contributed by atoms with Gasteiger partial charge in [0.15, 0.2) is 5.82 Å². The normalized spacial score (nSPS) is 10.4. The first-order chi connectivity index (χ1) is 8.16. The Hall–Kier alpha value is -2.24. The van der Waals surface area contributed by atoms with Crippen molar-refractivity contribution in [2.24, 2.45) is 0 Å². The molecule has 0 saturated heterocycles. The van der Waals surface area contributed by atoms with Crippen molar-refractivity contribution in [2.45, 2.75) is 13.3 Å². The zero-order valence-electron chi connectivity index (χ0n) is 9.72. The summed E-state index contributed by atoms with van der Waals surface area (Å²) in [5.41, 5.74) is 7.80. The average Bonchev–Trinajstić information content (AvgIpc) is 2.64. The van der Waals surface area contributed by atoms with Crippen molar-refractivity contribution in [3.8, 4) is 0 Å². The Labute approximate surface area is 99.6 Å². The summed E-state index contributed by atoms with van der Waals surface area (Å²) < 4.78 is 1.30. The highest BCUT2D eigenvalue weighted by atomic mass is 15.4. The molecule has 0 aliphatic heterocycles. The lowest BCUT2D eigenvalue weighted by Crippen LogP contribution is -2.18. The van der Waals surface area contributed by atoms with Gasteiger partial charge in [-0.3, -0.25) is 0 Å². The van der Waals surface area contributed by atoms with E-state index >= 15 is 0 Å². The van der Waals surface area contributed by atoms with Gasteiger partial charge in [-0.05, 0) is 19.1 Å². The molecule has 0 aliphatic carbocycles. The number of benzene rings is 1. The molecule has 1 aromatic heterocycles. The van der Waals surface area contributed by atoms with Crippen LogP contribution in [0.15, 0.2) is 24.3 Å². The minimum absolute atomic E-state index is 0.232. The van der Waals surface area contributed by atoms with Crippen molar-refractivity contribution in [1.82, 2.24) is 14.9 Å². The van der Waals surface area contributed by atoms with Gasteiger partial charge in [-0.15, -0.1) is 10.2 Å². The van der Waals surface area contributed by atoms with Crippen LogP contribution in [0.25, 0.3) is 0 Å². The number of anilines is 2. The third-order valence-corrected chi connectivity index (χ3v) is 2.52. The molecular weight excluding hydrogens is 216 g/mol. The first kappa shape index (κ1) is 11.3. The molecule has 0 amide bonds. The Morgan fingerprint density at radius 3 is 2.53 bits per heavy atom. The number of rotatable bonds is 4. The number of nitrogens with one attached hydrogen (secondary N) is 1. The van der Waals surface area contributed by atoms with Gasteiger partial charge in [0.25, 0.3) is 0 Å². The van der Waals surface area contributed by atoms with Crippen molar-refractivity contribution in [1.29, 1.82) is 0 Å². The molecule has 0 radical (unpaired) electrons. The second-order valence-electron chi connectivity index (χ2n) is 3.89. The summed E-state index contributed by atoms with van der Waals surface area (Å²) in [4.78, 5) is 0. The third-order valence-electron chi connectivity index (χ3n) is 2.52. The molecule has 17 heavy (non-hydrogen) atoms. The van der Waals surface area contributed by atoms with Crippen LogP contribution in [0.5, 0.6) is 0 Å². The maximum atomic E-state index is 5.64. The number of nitrogen functional groups attached to an aromatic ring is 2. The van der Waals surface area contributed by atoms with Crippen LogP contribution in [0, 0.1) is 6.92 Å². The Kier molecular flexibility index (Phi) is 3.13. The van der Waals surface area contributed by atoms with Gasteiger partial charge in [0.2, 0.25) is 5.95 Å². The number of nitrogens with zero attached hydrogens (tertiary/aromatic N) is 3. The van der Waals surface area contributed by atoms with Crippen LogP contribution in [0.3, 0.4) is 0 Å². The lowest BCUT2D eigenvalue weighted by molar-refractivity contribution is 0.831. The van der Waals surface area contributed by atoms with E-state index in [1.54, 1.807) is 0 Å². The van der Waals surface area contributed by atoms with E-state index < -0.39 is 0 Å². The molecule has 5 N–H and O–H groups in total. The standard InChI is InChI=1S/C11H16N6/c1-8-2-4-9(5-3-8)14-7-6-10-15-16-11(12)17(10)13/h2-5,14H,6-7,13H2,1H3,(H2,12,16). The van der Waals surface area contributed by atoms with Crippen LogP contribution >= 0.6 is 0 Å². The Bertz CT molecular complexity index is 487. The molecule has 0 aliphatic rings. The second kappa shape index (κ2) is 4.73. The first-order valence-corrected chi connectivity index (χ1v) is 5.42. The SMILES string of the molecule is Cc1ccc(NCCc2nnc(N)n2N)cc1. The van der Waals surface area contributed by atoms with Crippen molar-refractivity contribution in [2.75, 3.05) is 23.4 Å². The van der Waals surface area contributed by atoms with E-state index in [1.807, 2.05) is 12.1 Å². The van der Waals surface area contributed by atoms with Crippen LogP contribution < -0.4 is 16.9 Å². The Morgan fingerprint density at radius 2 is 1.94 bits per heavy atom. The van der Waals surface area contributed by atoms with Gasteiger partial charge in [0.1, 0.15) is 0 Å². The van der Waals surface area contributed by atoms with Crippen LogP contribution in [0.4, 0.5) is 11.6 Å². The summed E-state index contributed by atoms with van der Waals surface area (Å²) in [6, 6.07) is 8.20. The van der Waals surface area contributed by atoms with Gasteiger partial charge in [0.05, 0.1) is 0 Å². The highest BCUT2D eigenvalue weighted by Gasteiger charge is 2.05. The predicted molar refractivity (Wildman–Crippen MR) is 68.0 cm³/mol. The first-order valence-electron chi connectivity index (χ1n) is 5.42. The van der Waals surface area contributed by atoms with Crippen LogP contribution in [0.1, 0.15) is 11.4 Å². The number of aryl methyl sites for hydroxylation is 1. The zero-order chi connectivity index (χ0) is 12.3. The molecule has 1 aromatic carbocycles. The third kappa shape index (κ3) is 2.66. The topological polar surface area (TPSA) is 94.8 Å². The molecule has 0 bridgehead atoms. The van der Waals surface area contributed by atoms with E-state index in [9.17, 15) is 0 Å². The van der Waals surface area contributed by atoms with Crippen LogP contribution in [-0.2, 0) is 6.42 Å². The molecule has 0 fully saturated rings. The molecular formula is C11H16N6. The Morgan fingerprint density at radius 1 is 1.24 bits per heavy atom. The molecule has 6 heteroatoms. The molecule has 0 saturated carbocycles. The number of aromatic nitrogens is 3. The summed E-state index contributed by atoms with van der Waals surface area (Å²) in [6.07, 6.45) is 0.675. The summed E-state index contributed by atoms with van der Waals surface area (Å²) in [5.74, 6) is 6.54. The van der Waals surface area contributed by atoms with E-state index in [0.717, 1.165) is 12.2 Å². The molecule has 90 valence electrons.